The van der Waals surface area contributed by atoms with Crippen LogP contribution in [-0.4, -0.2) is 40.5 Å². The molecule has 2 aromatic rings. The fourth-order valence-corrected chi connectivity index (χ4v) is 5.08. The minimum atomic E-state index is -2.55. The number of fused-ring (bicyclic) bond motifs is 1. The fourth-order valence-electron chi connectivity index (χ4n) is 5.08. The molecule has 0 unspecified atom stereocenters. The molecule has 0 N–H and O–H groups in total. The van der Waals surface area contributed by atoms with Gasteiger partial charge >= 0.3 is 6.03 Å². The molecule has 7 heteroatoms. The number of amides is 2. The Bertz CT molecular complexity index is 964. The van der Waals surface area contributed by atoms with Crippen molar-refractivity contribution in [3.8, 4) is 6.07 Å². The molecule has 0 radical (unpaired) electrons. The van der Waals surface area contributed by atoms with Gasteiger partial charge in [-0.25, -0.2) is 13.6 Å². The number of pyridine rings is 1. The van der Waals surface area contributed by atoms with Crippen LogP contribution in [0.15, 0.2) is 36.7 Å². The highest BCUT2D eigenvalue weighted by Gasteiger charge is 2.63. The Morgan fingerprint density at radius 1 is 1.19 bits per heavy atom. The maximum atomic E-state index is 13.2. The van der Waals surface area contributed by atoms with Crippen LogP contribution < -0.4 is 4.90 Å². The first-order valence-electron chi connectivity index (χ1n) is 9.11. The van der Waals surface area contributed by atoms with Gasteiger partial charge in [-0.05, 0) is 18.3 Å². The summed E-state index contributed by atoms with van der Waals surface area (Å²) in [6.07, 6.45) is 4.41. The molecule has 1 spiro atoms. The molecule has 2 saturated carbocycles. The van der Waals surface area contributed by atoms with E-state index in [1.807, 2.05) is 24.3 Å². The highest BCUT2D eigenvalue weighted by molar-refractivity contribution is 6.04. The first kappa shape index (κ1) is 16.4. The molecule has 2 heterocycles. The largest absolute Gasteiger partial charge is 0.326 e. The number of urea groups is 1. The first-order chi connectivity index (χ1) is 12.9. The summed E-state index contributed by atoms with van der Waals surface area (Å²) in [7, 11) is 0. The third-order valence-corrected chi connectivity index (χ3v) is 6.23. The third-order valence-electron chi connectivity index (χ3n) is 6.23. The summed E-state index contributed by atoms with van der Waals surface area (Å²) in [6, 6.07) is 8.93. The number of benzene rings is 1. The van der Waals surface area contributed by atoms with E-state index in [1.165, 1.54) is 4.90 Å². The van der Waals surface area contributed by atoms with Crippen LogP contribution in [0.4, 0.5) is 19.3 Å². The van der Waals surface area contributed by atoms with Gasteiger partial charge in [0.25, 0.3) is 0 Å². The predicted octanol–water partition coefficient (Wildman–Crippen LogP) is 3.95. The minimum Gasteiger partial charge on any atom is -0.318 e. The van der Waals surface area contributed by atoms with E-state index in [0.29, 0.717) is 25.1 Å². The van der Waals surface area contributed by atoms with Crippen LogP contribution in [0.5, 0.6) is 0 Å². The summed E-state index contributed by atoms with van der Waals surface area (Å²) in [5.41, 5.74) is 0.321. The molecule has 1 saturated heterocycles. The molecule has 0 bridgehead atoms. The van der Waals surface area contributed by atoms with Gasteiger partial charge in [0.2, 0.25) is 5.92 Å². The van der Waals surface area contributed by atoms with E-state index in [0.717, 1.165) is 10.8 Å². The molecule has 1 aliphatic heterocycles. The lowest BCUT2D eigenvalue weighted by Gasteiger charge is -2.58. The topological polar surface area (TPSA) is 60.2 Å². The van der Waals surface area contributed by atoms with Gasteiger partial charge in [0, 0.05) is 35.9 Å². The van der Waals surface area contributed by atoms with Gasteiger partial charge in [0.05, 0.1) is 24.5 Å². The van der Waals surface area contributed by atoms with Crippen LogP contribution in [0.1, 0.15) is 25.7 Å². The number of aromatic nitrogens is 1. The Hall–Kier alpha value is -2.75. The van der Waals surface area contributed by atoms with Crippen molar-refractivity contribution in [2.45, 2.75) is 43.7 Å². The van der Waals surface area contributed by atoms with Gasteiger partial charge in [0.1, 0.15) is 6.04 Å². The molecule has 3 fully saturated rings. The molecule has 5 nitrogen and oxygen atoms in total. The Kier molecular flexibility index (Phi) is 3.27. The second-order valence-corrected chi connectivity index (χ2v) is 8.10. The van der Waals surface area contributed by atoms with Crippen molar-refractivity contribution in [1.29, 1.82) is 5.26 Å². The number of rotatable bonds is 2. The van der Waals surface area contributed by atoms with Crippen molar-refractivity contribution < 1.29 is 13.6 Å². The second kappa shape index (κ2) is 5.38. The Morgan fingerprint density at radius 2 is 1.93 bits per heavy atom. The minimum absolute atomic E-state index is 0.0580. The Morgan fingerprint density at radius 3 is 2.63 bits per heavy atom. The number of hydrogen-bond donors (Lipinski definition) is 0. The Labute approximate surface area is 155 Å². The van der Waals surface area contributed by atoms with Crippen molar-refractivity contribution in [3.05, 3.63) is 36.7 Å². The van der Waals surface area contributed by atoms with Crippen LogP contribution in [0.2, 0.25) is 0 Å². The number of nitriles is 1. The summed E-state index contributed by atoms with van der Waals surface area (Å²) >= 11 is 0. The Balaban J connectivity index is 1.41. The van der Waals surface area contributed by atoms with Gasteiger partial charge in [-0.3, -0.25) is 9.88 Å². The van der Waals surface area contributed by atoms with Crippen LogP contribution in [0.3, 0.4) is 0 Å². The number of alkyl halides is 2. The van der Waals surface area contributed by atoms with E-state index >= 15 is 0 Å². The zero-order valence-corrected chi connectivity index (χ0v) is 14.6. The lowest BCUT2D eigenvalue weighted by Crippen LogP contribution is -2.60. The maximum absolute atomic E-state index is 13.2. The molecule has 2 amide bonds. The third kappa shape index (κ3) is 2.39. The monoisotopic (exact) mass is 368 g/mol. The standard InChI is InChI=1S/C20H18F2N4O/c21-20(22)11-19(12-20)5-14(6-19)25-10-15(7-23)26(18(25)27)17-9-24-8-13-3-1-2-4-16(13)17/h1-4,8-9,14-15H,5-6,10-12H2/t15-/m1/s1. The maximum Gasteiger partial charge on any atom is 0.326 e. The van der Waals surface area contributed by atoms with Crippen LogP contribution >= 0.6 is 0 Å². The molecule has 2 aliphatic carbocycles. The molecule has 27 heavy (non-hydrogen) atoms. The van der Waals surface area contributed by atoms with Crippen molar-refractivity contribution in [3.63, 3.8) is 0 Å². The van der Waals surface area contributed by atoms with E-state index < -0.39 is 12.0 Å². The zero-order chi connectivity index (χ0) is 18.8. The van der Waals surface area contributed by atoms with Crippen molar-refractivity contribution in [2.75, 3.05) is 11.4 Å². The highest BCUT2D eigenvalue weighted by atomic mass is 19.3. The summed E-state index contributed by atoms with van der Waals surface area (Å²) in [4.78, 5) is 20.5. The van der Waals surface area contributed by atoms with E-state index in [-0.39, 0.29) is 30.3 Å². The van der Waals surface area contributed by atoms with Gasteiger partial charge in [0.15, 0.2) is 0 Å². The molecule has 1 aromatic carbocycles. The average Bonchev–Trinajstić information content (AvgIpc) is 2.93. The van der Waals surface area contributed by atoms with E-state index in [9.17, 15) is 18.8 Å². The molecule has 5 rings (SSSR count). The normalized spacial score (nSPS) is 26.1. The second-order valence-electron chi connectivity index (χ2n) is 8.10. The first-order valence-corrected chi connectivity index (χ1v) is 9.11. The van der Waals surface area contributed by atoms with Crippen molar-refractivity contribution in [2.24, 2.45) is 5.41 Å². The number of halogens is 2. The molecule has 1 atom stereocenters. The number of nitrogens with zero attached hydrogens (tertiary/aromatic N) is 4. The summed E-state index contributed by atoms with van der Waals surface area (Å²) in [5.74, 6) is -2.55. The van der Waals surface area contributed by atoms with Crippen LogP contribution in [0.25, 0.3) is 10.8 Å². The smallest absolute Gasteiger partial charge is 0.318 e. The highest BCUT2D eigenvalue weighted by Crippen LogP contribution is 2.63. The molecule has 138 valence electrons. The fraction of sp³-hybridized carbons (Fsp3) is 0.450. The summed E-state index contributed by atoms with van der Waals surface area (Å²) in [6.45, 7) is 0.301. The lowest BCUT2D eigenvalue weighted by atomic mass is 9.52. The summed E-state index contributed by atoms with van der Waals surface area (Å²) in [5, 5.41) is 11.4. The molecular formula is C20H18F2N4O. The van der Waals surface area contributed by atoms with Crippen LogP contribution in [0, 0.1) is 16.7 Å². The van der Waals surface area contributed by atoms with Gasteiger partial charge in [-0.15, -0.1) is 0 Å². The number of anilines is 1. The van der Waals surface area contributed by atoms with E-state index in [1.54, 1.807) is 17.3 Å². The van der Waals surface area contributed by atoms with Gasteiger partial charge in [-0.1, -0.05) is 24.3 Å². The number of hydrogen-bond acceptors (Lipinski definition) is 3. The quantitative estimate of drug-likeness (QED) is 0.806. The average molecular weight is 368 g/mol. The number of carbonyl (C=O) groups is 1. The SMILES string of the molecule is N#C[C@@H]1CN(C2CC3(C2)CC(F)(F)C3)C(=O)N1c1cncc2ccccc12. The molecular weight excluding hydrogens is 350 g/mol. The van der Waals surface area contributed by atoms with Gasteiger partial charge in [-0.2, -0.15) is 5.26 Å². The van der Waals surface area contributed by atoms with Gasteiger partial charge < -0.3 is 4.90 Å². The van der Waals surface area contributed by atoms with E-state index in [2.05, 4.69) is 11.1 Å². The van der Waals surface area contributed by atoms with Crippen molar-refractivity contribution >= 4 is 22.5 Å². The zero-order valence-electron chi connectivity index (χ0n) is 14.6. The number of carbonyl (C=O) groups excluding carboxylic acids is 1. The molecule has 1 aromatic heterocycles. The van der Waals surface area contributed by atoms with Crippen molar-refractivity contribution in [1.82, 2.24) is 9.88 Å². The molecule has 3 aliphatic rings. The lowest BCUT2D eigenvalue weighted by molar-refractivity contribution is -0.205. The predicted molar refractivity (Wildman–Crippen MR) is 95.4 cm³/mol. The van der Waals surface area contributed by atoms with Crippen LogP contribution in [-0.2, 0) is 0 Å². The summed E-state index contributed by atoms with van der Waals surface area (Å²) < 4.78 is 26.5. The van der Waals surface area contributed by atoms with E-state index in [4.69, 9.17) is 0 Å².